The molecule has 0 aliphatic heterocycles. The summed E-state index contributed by atoms with van der Waals surface area (Å²) in [5.74, 6) is 2.15. The number of hydrogen-bond acceptors (Lipinski definition) is 0. The smallest absolute Gasteiger partial charge is 0.0292 e. The molecule has 1 saturated carbocycles. The van der Waals surface area contributed by atoms with Crippen molar-refractivity contribution in [3.8, 4) is 0 Å². The van der Waals surface area contributed by atoms with Crippen LogP contribution in [0.3, 0.4) is 0 Å². The molecule has 2 aliphatic rings. The third kappa shape index (κ3) is 1.50. The van der Waals surface area contributed by atoms with Gasteiger partial charge in [-0.05, 0) is 44.4 Å². The van der Waals surface area contributed by atoms with Crippen LogP contribution in [0.4, 0.5) is 0 Å². The first-order valence-corrected chi connectivity index (χ1v) is 5.02. The van der Waals surface area contributed by atoms with Crippen molar-refractivity contribution in [1.82, 2.24) is 0 Å². The van der Waals surface area contributed by atoms with E-state index < -0.39 is 0 Å². The molecule has 0 radical (unpaired) electrons. The molecule has 62 valence electrons. The highest BCUT2D eigenvalue weighted by atomic mass is 14.3. The molecule has 0 heteroatoms. The summed E-state index contributed by atoms with van der Waals surface area (Å²) in [5.41, 5.74) is 1.65. The fourth-order valence-corrected chi connectivity index (χ4v) is 2.80. The minimum absolute atomic E-state index is 1.06. The van der Waals surface area contributed by atoms with Gasteiger partial charge in [0.15, 0.2) is 0 Å². The van der Waals surface area contributed by atoms with Crippen molar-refractivity contribution in [3.05, 3.63) is 11.6 Å². The van der Waals surface area contributed by atoms with E-state index >= 15 is 0 Å². The van der Waals surface area contributed by atoms with Gasteiger partial charge < -0.3 is 0 Å². The molecule has 0 nitrogen and oxygen atoms in total. The summed E-state index contributed by atoms with van der Waals surface area (Å²) in [6.07, 6.45) is 11.2. The Kier molecular flexibility index (Phi) is 2.02. The van der Waals surface area contributed by atoms with Crippen LogP contribution in [0.25, 0.3) is 0 Å². The molecule has 2 atom stereocenters. The summed E-state index contributed by atoms with van der Waals surface area (Å²) in [5, 5.41) is 0. The lowest BCUT2D eigenvalue weighted by atomic mass is 9.90. The molecule has 0 bridgehead atoms. The minimum Gasteiger partial charge on any atom is -0.0856 e. The Hall–Kier alpha value is -0.260. The largest absolute Gasteiger partial charge is 0.0856 e. The van der Waals surface area contributed by atoms with Gasteiger partial charge in [0.25, 0.3) is 0 Å². The van der Waals surface area contributed by atoms with Gasteiger partial charge in [-0.2, -0.15) is 0 Å². The van der Waals surface area contributed by atoms with Gasteiger partial charge in [-0.25, -0.2) is 0 Å². The normalized spacial score (nSPS) is 37.7. The molecule has 1 fully saturated rings. The van der Waals surface area contributed by atoms with Crippen LogP contribution < -0.4 is 0 Å². The fraction of sp³-hybridized carbons (Fsp3) is 0.818. The Bertz CT molecular complexity index is 167. The quantitative estimate of drug-likeness (QED) is 0.463. The molecule has 0 N–H and O–H groups in total. The molecule has 2 aliphatic carbocycles. The van der Waals surface area contributed by atoms with Crippen LogP contribution in [-0.2, 0) is 0 Å². The fourth-order valence-electron chi connectivity index (χ4n) is 2.80. The molecule has 0 saturated heterocycles. The summed E-state index contributed by atoms with van der Waals surface area (Å²) in [7, 11) is 0. The maximum absolute atomic E-state index is 2.46. The Labute approximate surface area is 69.7 Å². The predicted octanol–water partition coefficient (Wildman–Crippen LogP) is 3.53. The second kappa shape index (κ2) is 3.00. The van der Waals surface area contributed by atoms with Crippen LogP contribution in [-0.4, -0.2) is 0 Å². The lowest BCUT2D eigenvalue weighted by Gasteiger charge is -2.15. The Morgan fingerprint density at radius 1 is 1.18 bits per heavy atom. The highest BCUT2D eigenvalue weighted by Crippen LogP contribution is 2.40. The maximum Gasteiger partial charge on any atom is -0.0292 e. The number of allylic oxidation sites excluding steroid dienone is 2. The topological polar surface area (TPSA) is 0 Å². The first kappa shape index (κ1) is 7.39. The highest BCUT2D eigenvalue weighted by molar-refractivity contribution is 5.04. The third-order valence-corrected chi connectivity index (χ3v) is 3.43. The van der Waals surface area contributed by atoms with Crippen molar-refractivity contribution in [2.24, 2.45) is 11.8 Å². The van der Waals surface area contributed by atoms with Crippen LogP contribution in [0.15, 0.2) is 11.6 Å². The van der Waals surface area contributed by atoms with Gasteiger partial charge in [0.2, 0.25) is 0 Å². The zero-order valence-electron chi connectivity index (χ0n) is 7.47. The summed E-state index contributed by atoms with van der Waals surface area (Å²) in [6.45, 7) is 2.31. The average molecular weight is 150 g/mol. The molecule has 0 spiro atoms. The van der Waals surface area contributed by atoms with Crippen molar-refractivity contribution in [1.29, 1.82) is 0 Å². The summed E-state index contributed by atoms with van der Waals surface area (Å²) in [6, 6.07) is 0. The van der Waals surface area contributed by atoms with Crippen molar-refractivity contribution in [2.75, 3.05) is 0 Å². The molecule has 11 heavy (non-hydrogen) atoms. The lowest BCUT2D eigenvalue weighted by molar-refractivity contribution is 0.374. The van der Waals surface area contributed by atoms with Gasteiger partial charge in [0.05, 0.1) is 0 Å². The monoisotopic (exact) mass is 150 g/mol. The molecule has 0 aromatic heterocycles. The standard InChI is InChI=1S/C11H18/c1-9-4-2-5-10-6-3-7-11(10)8-9/h4,10-11H,2-3,5-8H2,1H3. The highest BCUT2D eigenvalue weighted by Gasteiger charge is 2.27. The third-order valence-electron chi connectivity index (χ3n) is 3.43. The Morgan fingerprint density at radius 2 is 2.00 bits per heavy atom. The first-order chi connectivity index (χ1) is 5.36. The van der Waals surface area contributed by atoms with E-state index in [1.165, 1.54) is 38.5 Å². The minimum atomic E-state index is 1.06. The molecule has 0 amide bonds. The Balaban J connectivity index is 2.05. The molecular weight excluding hydrogens is 132 g/mol. The van der Waals surface area contributed by atoms with Crippen molar-refractivity contribution in [2.45, 2.75) is 45.4 Å². The summed E-state index contributed by atoms with van der Waals surface area (Å²) in [4.78, 5) is 0. The Morgan fingerprint density at radius 3 is 2.91 bits per heavy atom. The van der Waals surface area contributed by atoms with Gasteiger partial charge in [-0.15, -0.1) is 0 Å². The average Bonchev–Trinajstić information content (AvgIpc) is 2.31. The van der Waals surface area contributed by atoms with Crippen molar-refractivity contribution in [3.63, 3.8) is 0 Å². The molecular formula is C11H18. The van der Waals surface area contributed by atoms with E-state index in [9.17, 15) is 0 Å². The number of fused-ring (bicyclic) bond motifs is 1. The van der Waals surface area contributed by atoms with E-state index in [-0.39, 0.29) is 0 Å². The second-order valence-corrected chi connectivity index (χ2v) is 4.28. The molecule has 2 rings (SSSR count). The van der Waals surface area contributed by atoms with E-state index in [0.717, 1.165) is 11.8 Å². The van der Waals surface area contributed by atoms with Crippen molar-refractivity contribution >= 4 is 0 Å². The number of hydrogen-bond donors (Lipinski definition) is 0. The number of rotatable bonds is 0. The zero-order valence-corrected chi connectivity index (χ0v) is 7.47. The van der Waals surface area contributed by atoms with Gasteiger partial charge in [-0.1, -0.05) is 24.5 Å². The zero-order chi connectivity index (χ0) is 7.68. The molecule has 0 heterocycles. The lowest BCUT2D eigenvalue weighted by Crippen LogP contribution is -2.05. The van der Waals surface area contributed by atoms with Crippen LogP contribution in [0.5, 0.6) is 0 Å². The maximum atomic E-state index is 2.46. The first-order valence-electron chi connectivity index (χ1n) is 5.02. The van der Waals surface area contributed by atoms with Crippen LogP contribution in [0, 0.1) is 11.8 Å². The van der Waals surface area contributed by atoms with Crippen LogP contribution in [0.1, 0.15) is 45.4 Å². The van der Waals surface area contributed by atoms with E-state index in [4.69, 9.17) is 0 Å². The second-order valence-electron chi connectivity index (χ2n) is 4.28. The predicted molar refractivity (Wildman–Crippen MR) is 48.4 cm³/mol. The summed E-state index contributed by atoms with van der Waals surface area (Å²) < 4.78 is 0. The van der Waals surface area contributed by atoms with E-state index in [0.29, 0.717) is 0 Å². The van der Waals surface area contributed by atoms with E-state index in [2.05, 4.69) is 13.0 Å². The molecule has 0 aromatic carbocycles. The summed E-state index contributed by atoms with van der Waals surface area (Å²) >= 11 is 0. The van der Waals surface area contributed by atoms with Gasteiger partial charge >= 0.3 is 0 Å². The van der Waals surface area contributed by atoms with Crippen LogP contribution in [0.2, 0.25) is 0 Å². The van der Waals surface area contributed by atoms with E-state index in [1.54, 1.807) is 5.57 Å². The molecule has 0 aromatic rings. The van der Waals surface area contributed by atoms with E-state index in [1.807, 2.05) is 0 Å². The SMILES string of the molecule is CC1=CCCC2CCCC2C1. The van der Waals surface area contributed by atoms with Gasteiger partial charge in [0.1, 0.15) is 0 Å². The van der Waals surface area contributed by atoms with Gasteiger partial charge in [0, 0.05) is 0 Å². The van der Waals surface area contributed by atoms with Crippen LogP contribution >= 0.6 is 0 Å². The van der Waals surface area contributed by atoms with Crippen molar-refractivity contribution < 1.29 is 0 Å². The molecule has 2 unspecified atom stereocenters. The van der Waals surface area contributed by atoms with Gasteiger partial charge in [-0.3, -0.25) is 0 Å².